The Bertz CT molecular complexity index is 1460. The van der Waals surface area contributed by atoms with Gasteiger partial charge in [0.1, 0.15) is 23.9 Å². The van der Waals surface area contributed by atoms with Crippen molar-refractivity contribution in [3.63, 3.8) is 0 Å². The standard InChI is InChI=1S/C46H84N2O14/c1-16-33-45(12,54)38(50)28(6)35(47-62-46(61-25(2)3)20-18-17-19-21-46)26(4)23-43(10,53)40(60-42-36(49)32(48(13)14)22-27(5)56-42)29(7)37(30(8)41(52)58-33)59-34-24-44(11,55-15)39(51)31(9)57-34/h25-34,36-40,42,49-51,53-54H,16-24H2,1-15H3/b47-35+/t26-,27-,28+,29+,30-,31+,32+,33-,34+,36-,37+,38-,39+,40-,42+,43+,44-,45-/m1/s1. The van der Waals surface area contributed by atoms with Gasteiger partial charge in [0.2, 0.25) is 5.79 Å². The highest BCUT2D eigenvalue weighted by molar-refractivity contribution is 5.88. The number of carbonyl (C=O) groups excluding carboxylic acids is 1. The third kappa shape index (κ3) is 12.1. The van der Waals surface area contributed by atoms with Crippen molar-refractivity contribution in [2.75, 3.05) is 21.2 Å². The molecule has 16 nitrogen and oxygen atoms in total. The minimum atomic E-state index is -1.96. The fourth-order valence-corrected chi connectivity index (χ4v) is 10.5. The van der Waals surface area contributed by atoms with E-state index in [4.69, 9.17) is 43.2 Å². The fourth-order valence-electron chi connectivity index (χ4n) is 10.5. The van der Waals surface area contributed by atoms with Crippen LogP contribution in [0.15, 0.2) is 5.16 Å². The number of methoxy groups -OCH3 is 1. The zero-order valence-electron chi connectivity index (χ0n) is 40.4. The first-order chi connectivity index (χ1) is 28.7. The summed E-state index contributed by atoms with van der Waals surface area (Å²) in [5, 5.41) is 64.9. The molecule has 0 radical (unpaired) electrons. The van der Waals surface area contributed by atoms with Crippen LogP contribution in [0.1, 0.15) is 141 Å². The van der Waals surface area contributed by atoms with Crippen LogP contribution < -0.4 is 0 Å². The van der Waals surface area contributed by atoms with E-state index in [1.165, 1.54) is 14.0 Å². The highest BCUT2D eigenvalue weighted by atomic mass is 16.8. The first kappa shape index (κ1) is 53.1. The summed E-state index contributed by atoms with van der Waals surface area (Å²) in [6, 6.07) is -0.324. The predicted molar refractivity (Wildman–Crippen MR) is 232 cm³/mol. The van der Waals surface area contributed by atoms with E-state index in [2.05, 4.69) is 0 Å². The molecule has 0 aromatic heterocycles. The molecule has 0 unspecified atom stereocenters. The average Bonchev–Trinajstić information content (AvgIpc) is 3.19. The minimum absolute atomic E-state index is 0.00935. The number of hydrogen-bond donors (Lipinski definition) is 5. The quantitative estimate of drug-likeness (QED) is 0.109. The normalized spacial score (nSPS) is 46.1. The summed E-state index contributed by atoms with van der Waals surface area (Å²) in [6.45, 7) is 21.1. The molecule has 62 heavy (non-hydrogen) atoms. The lowest BCUT2D eigenvalue weighted by Crippen LogP contribution is -2.61. The number of ether oxygens (including phenoxy) is 7. The van der Waals surface area contributed by atoms with Crippen LogP contribution in [0, 0.1) is 23.7 Å². The van der Waals surface area contributed by atoms with Gasteiger partial charge in [-0.1, -0.05) is 39.3 Å². The Kier molecular flexibility index (Phi) is 18.3. The van der Waals surface area contributed by atoms with Gasteiger partial charge in [0, 0.05) is 50.2 Å². The molecule has 0 amide bonds. The van der Waals surface area contributed by atoms with Gasteiger partial charge in [-0.25, -0.2) is 0 Å². The molecule has 0 aromatic carbocycles. The van der Waals surface area contributed by atoms with Gasteiger partial charge >= 0.3 is 5.97 Å². The van der Waals surface area contributed by atoms with Crippen LogP contribution in [0.3, 0.4) is 0 Å². The van der Waals surface area contributed by atoms with Gasteiger partial charge in [-0.3, -0.25) is 4.79 Å². The number of cyclic esters (lactones) is 1. The summed E-state index contributed by atoms with van der Waals surface area (Å²) in [6.07, 6.45) is -5.52. The summed E-state index contributed by atoms with van der Waals surface area (Å²) >= 11 is 0. The maximum Gasteiger partial charge on any atom is 0.311 e. The van der Waals surface area contributed by atoms with Crippen LogP contribution in [-0.2, 0) is 42.8 Å². The number of hydrogen-bond acceptors (Lipinski definition) is 16. The second-order valence-corrected chi connectivity index (χ2v) is 20.3. The third-order valence-corrected chi connectivity index (χ3v) is 14.2. The highest BCUT2D eigenvalue weighted by Crippen LogP contribution is 2.42. The third-order valence-electron chi connectivity index (χ3n) is 14.2. The summed E-state index contributed by atoms with van der Waals surface area (Å²) in [7, 11) is 5.26. The van der Waals surface area contributed by atoms with Gasteiger partial charge < -0.3 is 68.4 Å². The molecule has 5 N–H and O–H groups in total. The number of rotatable bonds is 11. The van der Waals surface area contributed by atoms with Gasteiger partial charge in [-0.05, 0) is 102 Å². The van der Waals surface area contributed by atoms with Crippen LogP contribution in [-0.4, -0.2) is 159 Å². The van der Waals surface area contributed by atoms with E-state index in [-0.39, 0.29) is 37.5 Å². The molecule has 1 saturated carbocycles. The molecule has 0 aromatic rings. The molecule has 18 atom stereocenters. The Balaban J connectivity index is 1.90. The lowest BCUT2D eigenvalue weighted by molar-refractivity contribution is -0.318. The Labute approximate surface area is 371 Å². The molecule has 16 heteroatoms. The number of oxime groups is 1. The summed E-state index contributed by atoms with van der Waals surface area (Å²) in [5.74, 6) is -5.10. The van der Waals surface area contributed by atoms with Crippen molar-refractivity contribution >= 4 is 11.7 Å². The van der Waals surface area contributed by atoms with E-state index in [9.17, 15) is 30.3 Å². The molecule has 362 valence electrons. The Morgan fingerprint density at radius 3 is 2.08 bits per heavy atom. The minimum Gasteiger partial charge on any atom is -0.459 e. The SMILES string of the molecule is CC[C@H]1OC(=O)[C@H](C)[C@@H](O[C@H]2C[C@@](C)(OC)[C@@H](O)[C@H](C)O2)[C@H](C)[C@@H](O[C@@H]2O[C@H](C)C[C@H](N(C)C)[C@H]2O)[C@@](C)(O)C[C@@H](C)/C(=N\OC2(OC(C)C)CCCCC2)[C@H](C)[C@@H](O)[C@]1(C)O. The number of aliphatic hydroxyl groups is 5. The van der Waals surface area contributed by atoms with Crippen LogP contribution in [0.4, 0.5) is 0 Å². The van der Waals surface area contributed by atoms with Gasteiger partial charge in [0.25, 0.3) is 0 Å². The van der Waals surface area contributed by atoms with Crippen molar-refractivity contribution in [3.05, 3.63) is 0 Å². The van der Waals surface area contributed by atoms with Gasteiger partial charge in [0.05, 0.1) is 59.5 Å². The van der Waals surface area contributed by atoms with Crippen molar-refractivity contribution in [1.29, 1.82) is 0 Å². The monoisotopic (exact) mass is 889 g/mol. The molecule has 0 bridgehead atoms. The zero-order valence-corrected chi connectivity index (χ0v) is 40.4. The van der Waals surface area contributed by atoms with Crippen molar-refractivity contribution in [2.45, 2.75) is 237 Å². The van der Waals surface area contributed by atoms with E-state index >= 15 is 0 Å². The fraction of sp³-hybridized carbons (Fsp3) is 0.957. The van der Waals surface area contributed by atoms with Crippen molar-refractivity contribution in [3.8, 4) is 0 Å². The van der Waals surface area contributed by atoms with Gasteiger partial charge in [-0.2, -0.15) is 0 Å². The largest absolute Gasteiger partial charge is 0.459 e. The lowest BCUT2D eigenvalue weighted by Gasteiger charge is -2.49. The predicted octanol–water partition coefficient (Wildman–Crippen LogP) is 4.67. The smallest absolute Gasteiger partial charge is 0.311 e. The maximum absolute atomic E-state index is 14.5. The molecule has 4 rings (SSSR count). The first-order valence-corrected chi connectivity index (χ1v) is 23.2. The van der Waals surface area contributed by atoms with E-state index in [1.54, 1.807) is 48.5 Å². The van der Waals surface area contributed by atoms with Crippen LogP contribution in [0.2, 0.25) is 0 Å². The lowest BCUT2D eigenvalue weighted by atomic mass is 9.73. The molecule has 1 aliphatic carbocycles. The molecular formula is C46H84N2O14. The molecule has 4 aliphatic rings. The van der Waals surface area contributed by atoms with Gasteiger partial charge in [-0.15, -0.1) is 0 Å². The molecule has 3 heterocycles. The molecular weight excluding hydrogens is 805 g/mol. The highest BCUT2D eigenvalue weighted by Gasteiger charge is 2.53. The summed E-state index contributed by atoms with van der Waals surface area (Å²) in [5.41, 5.74) is -4.43. The zero-order chi connectivity index (χ0) is 46.7. The van der Waals surface area contributed by atoms with Gasteiger partial charge in [0.15, 0.2) is 12.6 Å². The molecule has 3 aliphatic heterocycles. The van der Waals surface area contributed by atoms with Crippen LogP contribution in [0.5, 0.6) is 0 Å². The number of nitrogens with zero attached hydrogens (tertiary/aromatic N) is 2. The second kappa shape index (κ2) is 21.4. The van der Waals surface area contributed by atoms with Crippen LogP contribution >= 0.6 is 0 Å². The molecule has 4 fully saturated rings. The number of carbonyl (C=O) groups is 1. The Hall–Kier alpha value is -1.54. The summed E-state index contributed by atoms with van der Waals surface area (Å²) in [4.78, 5) is 22.8. The second-order valence-electron chi connectivity index (χ2n) is 20.3. The average molecular weight is 889 g/mol. The van der Waals surface area contributed by atoms with E-state index in [0.29, 0.717) is 25.0 Å². The van der Waals surface area contributed by atoms with Crippen molar-refractivity contribution in [2.24, 2.45) is 28.8 Å². The van der Waals surface area contributed by atoms with Crippen LogP contribution in [0.25, 0.3) is 0 Å². The molecule has 0 spiro atoms. The Morgan fingerprint density at radius 1 is 0.887 bits per heavy atom. The number of esters is 1. The summed E-state index contributed by atoms with van der Waals surface area (Å²) < 4.78 is 44.4. The van der Waals surface area contributed by atoms with E-state index in [0.717, 1.165) is 19.3 Å². The van der Waals surface area contributed by atoms with Crippen molar-refractivity contribution in [1.82, 2.24) is 4.90 Å². The first-order valence-electron chi connectivity index (χ1n) is 23.2. The number of aliphatic hydroxyl groups excluding tert-OH is 3. The number of likely N-dealkylation sites (N-methyl/N-ethyl adjacent to an activating group) is 1. The van der Waals surface area contributed by atoms with E-state index < -0.39 is 108 Å². The van der Waals surface area contributed by atoms with E-state index in [1.807, 2.05) is 46.7 Å². The molecule has 3 saturated heterocycles. The Morgan fingerprint density at radius 2 is 1.52 bits per heavy atom. The topological polar surface area (TPSA) is 208 Å². The van der Waals surface area contributed by atoms with Crippen molar-refractivity contribution < 1.29 is 68.3 Å². The maximum atomic E-state index is 14.5.